The third-order valence-corrected chi connectivity index (χ3v) is 3.22. The number of benzene rings is 1. The highest BCUT2D eigenvalue weighted by atomic mass is 16.5. The molecule has 1 aromatic heterocycles. The van der Waals surface area contributed by atoms with Crippen molar-refractivity contribution in [3.63, 3.8) is 0 Å². The molecule has 5 nitrogen and oxygen atoms in total. The van der Waals surface area contributed by atoms with Crippen molar-refractivity contribution < 1.29 is 14.3 Å². The van der Waals surface area contributed by atoms with Crippen molar-refractivity contribution in [1.82, 2.24) is 4.98 Å². The molecule has 2 rings (SSSR count). The van der Waals surface area contributed by atoms with E-state index >= 15 is 0 Å². The molecule has 1 aromatic carbocycles. The van der Waals surface area contributed by atoms with Gasteiger partial charge < -0.3 is 10.5 Å². The number of fused-ring (bicyclic) bond motifs is 1. The number of aromatic nitrogens is 1. The Morgan fingerprint density at radius 3 is 2.55 bits per heavy atom. The molecule has 1 heterocycles. The van der Waals surface area contributed by atoms with Crippen LogP contribution in [0, 0.1) is 13.8 Å². The predicted octanol–water partition coefficient (Wildman–Crippen LogP) is 1.88. The summed E-state index contributed by atoms with van der Waals surface area (Å²) < 4.78 is 5.05. The van der Waals surface area contributed by atoms with Gasteiger partial charge in [-0.05, 0) is 32.4 Å². The molecule has 0 aliphatic heterocycles. The zero-order valence-electron chi connectivity index (χ0n) is 11.6. The highest BCUT2D eigenvalue weighted by Crippen LogP contribution is 2.23. The molecule has 0 fully saturated rings. The number of amides is 1. The number of hydrogen-bond donors (Lipinski definition) is 1. The number of carbonyl (C=O) groups is 2. The van der Waals surface area contributed by atoms with Gasteiger partial charge in [-0.2, -0.15) is 0 Å². The lowest BCUT2D eigenvalue weighted by Crippen LogP contribution is -2.31. The molecule has 0 saturated carbocycles. The van der Waals surface area contributed by atoms with Gasteiger partial charge >= 0.3 is 5.97 Å². The number of esters is 1. The Balaban J connectivity index is 2.49. The van der Waals surface area contributed by atoms with E-state index in [0.29, 0.717) is 11.3 Å². The van der Waals surface area contributed by atoms with Gasteiger partial charge in [-0.3, -0.25) is 9.78 Å². The molecule has 2 aromatic rings. The van der Waals surface area contributed by atoms with Crippen molar-refractivity contribution in [1.29, 1.82) is 0 Å². The van der Waals surface area contributed by atoms with Crippen LogP contribution >= 0.6 is 0 Å². The molecule has 0 saturated heterocycles. The predicted molar refractivity (Wildman–Crippen MR) is 75.3 cm³/mol. The molecule has 0 bridgehead atoms. The van der Waals surface area contributed by atoms with Crippen LogP contribution < -0.4 is 5.73 Å². The lowest BCUT2D eigenvalue weighted by molar-refractivity contribution is -0.125. The molecule has 0 radical (unpaired) electrons. The summed E-state index contributed by atoms with van der Waals surface area (Å²) in [5.74, 6) is -1.26. The van der Waals surface area contributed by atoms with Gasteiger partial charge in [0.2, 0.25) is 0 Å². The Labute approximate surface area is 116 Å². The van der Waals surface area contributed by atoms with Crippen molar-refractivity contribution in [3.8, 4) is 0 Å². The Bertz CT molecular complexity index is 695. The number of nitrogens with zero attached hydrogens (tertiary/aromatic N) is 1. The lowest BCUT2D eigenvalue weighted by Gasteiger charge is -2.14. The Morgan fingerprint density at radius 1 is 1.25 bits per heavy atom. The van der Waals surface area contributed by atoms with Crippen molar-refractivity contribution in [2.75, 3.05) is 0 Å². The summed E-state index contributed by atoms with van der Waals surface area (Å²) in [6, 6.07) is 7.55. The summed E-state index contributed by atoms with van der Waals surface area (Å²) >= 11 is 0. The van der Waals surface area contributed by atoms with Crippen LogP contribution in [0.5, 0.6) is 0 Å². The minimum Gasteiger partial charge on any atom is -0.449 e. The first-order valence-electron chi connectivity index (χ1n) is 6.28. The van der Waals surface area contributed by atoms with E-state index < -0.39 is 18.0 Å². The number of carbonyl (C=O) groups excluding carboxylic acids is 2. The van der Waals surface area contributed by atoms with Crippen LogP contribution in [-0.2, 0) is 9.53 Å². The Hall–Kier alpha value is -2.43. The van der Waals surface area contributed by atoms with E-state index in [-0.39, 0.29) is 0 Å². The molecule has 0 unspecified atom stereocenters. The highest BCUT2D eigenvalue weighted by molar-refractivity contribution is 5.99. The summed E-state index contributed by atoms with van der Waals surface area (Å²) in [6.45, 7) is 5.02. The second kappa shape index (κ2) is 5.28. The summed E-state index contributed by atoms with van der Waals surface area (Å²) in [5.41, 5.74) is 7.66. The topological polar surface area (TPSA) is 82.3 Å². The molecular formula is C15H16N2O3. The molecule has 5 heteroatoms. The molecule has 0 spiro atoms. The van der Waals surface area contributed by atoms with E-state index in [4.69, 9.17) is 10.5 Å². The van der Waals surface area contributed by atoms with Gasteiger partial charge in [0.15, 0.2) is 6.10 Å². The first-order valence-corrected chi connectivity index (χ1v) is 6.28. The fraction of sp³-hybridized carbons (Fsp3) is 0.267. The first kappa shape index (κ1) is 14.0. The van der Waals surface area contributed by atoms with E-state index in [0.717, 1.165) is 16.5 Å². The fourth-order valence-corrected chi connectivity index (χ4v) is 2.11. The van der Waals surface area contributed by atoms with Crippen molar-refractivity contribution in [2.24, 2.45) is 5.73 Å². The van der Waals surface area contributed by atoms with Crippen LogP contribution in [0.2, 0.25) is 0 Å². The van der Waals surface area contributed by atoms with Crippen LogP contribution in [0.15, 0.2) is 24.3 Å². The van der Waals surface area contributed by atoms with E-state index in [1.807, 2.05) is 31.2 Å². The van der Waals surface area contributed by atoms with Crippen LogP contribution in [0.25, 0.3) is 10.9 Å². The maximum atomic E-state index is 12.2. The monoisotopic (exact) mass is 272 g/mol. The molecule has 1 amide bonds. The van der Waals surface area contributed by atoms with Crippen molar-refractivity contribution in [2.45, 2.75) is 26.9 Å². The zero-order chi connectivity index (χ0) is 14.9. The number of para-hydroxylation sites is 1. The van der Waals surface area contributed by atoms with E-state index in [9.17, 15) is 9.59 Å². The average molecular weight is 272 g/mol. The van der Waals surface area contributed by atoms with Gasteiger partial charge in [0.05, 0.1) is 16.8 Å². The minimum absolute atomic E-state index is 0.386. The minimum atomic E-state index is -0.965. The summed E-state index contributed by atoms with van der Waals surface area (Å²) in [7, 11) is 0. The van der Waals surface area contributed by atoms with Gasteiger partial charge in [-0.1, -0.05) is 18.2 Å². The maximum absolute atomic E-state index is 12.2. The Morgan fingerprint density at radius 2 is 1.90 bits per heavy atom. The van der Waals surface area contributed by atoms with Crippen molar-refractivity contribution >= 4 is 22.8 Å². The Kier molecular flexibility index (Phi) is 3.70. The van der Waals surface area contributed by atoms with Crippen LogP contribution in [0.4, 0.5) is 0 Å². The largest absolute Gasteiger partial charge is 0.449 e. The van der Waals surface area contributed by atoms with Gasteiger partial charge in [0.1, 0.15) is 0 Å². The van der Waals surface area contributed by atoms with Gasteiger partial charge in [0, 0.05) is 5.39 Å². The number of hydrogen-bond acceptors (Lipinski definition) is 4. The number of primary amides is 1. The number of nitrogens with two attached hydrogens (primary N) is 1. The van der Waals surface area contributed by atoms with E-state index in [1.165, 1.54) is 6.92 Å². The molecule has 1 atom stereocenters. The quantitative estimate of drug-likeness (QED) is 0.865. The lowest BCUT2D eigenvalue weighted by atomic mass is 10.0. The number of rotatable bonds is 3. The standard InChI is InChI=1S/C15H16N2O3/c1-8-11-6-4-5-7-12(11)17-9(2)13(8)15(19)20-10(3)14(16)18/h4-7,10H,1-3H3,(H2,16,18)/t10-/m0/s1. The molecular weight excluding hydrogens is 256 g/mol. The van der Waals surface area contributed by atoms with Crippen LogP contribution in [0.3, 0.4) is 0 Å². The van der Waals surface area contributed by atoms with Gasteiger partial charge in [-0.25, -0.2) is 4.79 Å². The number of ether oxygens (including phenoxy) is 1. The zero-order valence-corrected chi connectivity index (χ0v) is 11.6. The molecule has 104 valence electrons. The summed E-state index contributed by atoms with van der Waals surface area (Å²) in [4.78, 5) is 27.5. The smallest absolute Gasteiger partial charge is 0.341 e. The maximum Gasteiger partial charge on any atom is 0.341 e. The third kappa shape index (κ3) is 2.47. The number of pyridine rings is 1. The normalized spacial score (nSPS) is 12.2. The summed E-state index contributed by atoms with van der Waals surface area (Å²) in [6.07, 6.45) is -0.965. The van der Waals surface area contributed by atoms with Crippen molar-refractivity contribution in [3.05, 3.63) is 41.1 Å². The molecule has 0 aliphatic carbocycles. The third-order valence-electron chi connectivity index (χ3n) is 3.22. The molecule has 2 N–H and O–H groups in total. The number of aryl methyl sites for hydroxylation is 2. The fourth-order valence-electron chi connectivity index (χ4n) is 2.11. The molecule has 0 aliphatic rings. The van der Waals surface area contributed by atoms with Crippen LogP contribution in [-0.4, -0.2) is 23.0 Å². The van der Waals surface area contributed by atoms with Gasteiger partial charge in [0.25, 0.3) is 5.91 Å². The van der Waals surface area contributed by atoms with E-state index in [1.54, 1.807) is 6.92 Å². The highest BCUT2D eigenvalue weighted by Gasteiger charge is 2.21. The van der Waals surface area contributed by atoms with Gasteiger partial charge in [-0.15, -0.1) is 0 Å². The SMILES string of the molecule is Cc1nc2ccccc2c(C)c1C(=O)O[C@@H](C)C(N)=O. The second-order valence-corrected chi connectivity index (χ2v) is 4.66. The molecule has 20 heavy (non-hydrogen) atoms. The first-order chi connectivity index (χ1) is 9.41. The second-order valence-electron chi connectivity index (χ2n) is 4.66. The van der Waals surface area contributed by atoms with E-state index in [2.05, 4.69) is 4.98 Å². The van der Waals surface area contributed by atoms with Crippen LogP contribution in [0.1, 0.15) is 28.5 Å². The summed E-state index contributed by atoms with van der Waals surface area (Å²) in [5, 5.41) is 0.886. The average Bonchev–Trinajstić information content (AvgIpc) is 2.38.